The number of carbonyl (C=O) groups is 1. The van der Waals surface area contributed by atoms with Crippen molar-refractivity contribution in [1.29, 1.82) is 0 Å². The molecule has 2 aliphatic carbocycles. The van der Waals surface area contributed by atoms with Crippen LogP contribution in [-0.2, 0) is 14.3 Å². The summed E-state index contributed by atoms with van der Waals surface area (Å²) in [6.45, 7) is 9.64. The fourth-order valence-electron chi connectivity index (χ4n) is 9.89. The number of oxime groups is 1. The molecule has 3 N–H and O–H groups in total. The van der Waals surface area contributed by atoms with Gasteiger partial charge in [-0.05, 0) is 117 Å². The zero-order chi connectivity index (χ0) is 49.0. The van der Waals surface area contributed by atoms with Crippen LogP contribution in [0.25, 0.3) is 11.1 Å². The van der Waals surface area contributed by atoms with Gasteiger partial charge in [-0.3, -0.25) is 15.0 Å². The van der Waals surface area contributed by atoms with Gasteiger partial charge in [0.2, 0.25) is 5.79 Å². The van der Waals surface area contributed by atoms with Crippen molar-refractivity contribution in [1.82, 2.24) is 4.90 Å². The first-order valence-corrected chi connectivity index (χ1v) is 23.9. The molecule has 69 heavy (non-hydrogen) atoms. The number of aliphatic hydroxyl groups excluding tert-OH is 3. The van der Waals surface area contributed by atoms with E-state index < -0.39 is 34.4 Å². The van der Waals surface area contributed by atoms with Crippen molar-refractivity contribution < 1.29 is 53.6 Å². The van der Waals surface area contributed by atoms with Crippen LogP contribution in [0.4, 0.5) is 10.5 Å². The molecule has 15 nitrogen and oxygen atoms in total. The third-order valence-corrected chi connectivity index (χ3v) is 12.8. The maximum atomic E-state index is 14.8. The van der Waals surface area contributed by atoms with Crippen molar-refractivity contribution in [3.05, 3.63) is 137 Å². The number of hydrogen-bond donors (Lipinski definition) is 3. The summed E-state index contributed by atoms with van der Waals surface area (Å²) < 4.78 is 32.8. The highest BCUT2D eigenvalue weighted by atomic mass is 16.7. The molecule has 0 radical (unpaired) electrons. The molecule has 0 saturated heterocycles. The summed E-state index contributed by atoms with van der Waals surface area (Å²) in [4.78, 5) is 33.6. The van der Waals surface area contributed by atoms with Crippen molar-refractivity contribution in [2.45, 2.75) is 89.1 Å². The van der Waals surface area contributed by atoms with E-state index in [-0.39, 0.29) is 81.8 Å². The summed E-state index contributed by atoms with van der Waals surface area (Å²) in [7, 11) is 0. The minimum Gasteiger partial charge on any atom is -0.459 e. The van der Waals surface area contributed by atoms with Gasteiger partial charge in [0.15, 0.2) is 0 Å². The minimum atomic E-state index is -1.61. The van der Waals surface area contributed by atoms with Crippen molar-refractivity contribution in [2.75, 3.05) is 46.2 Å². The van der Waals surface area contributed by atoms with E-state index in [1.807, 2.05) is 81.4 Å². The van der Waals surface area contributed by atoms with Gasteiger partial charge in [-0.2, -0.15) is 0 Å². The molecule has 0 spiro atoms. The molecule has 1 aliphatic heterocycles. The molecule has 7 rings (SSSR count). The third kappa shape index (κ3) is 12.2. The molecule has 4 aromatic carbocycles. The van der Waals surface area contributed by atoms with Crippen LogP contribution in [0.1, 0.15) is 77.2 Å². The van der Waals surface area contributed by atoms with Crippen LogP contribution < -0.4 is 14.2 Å². The number of carbonyl (C=O) groups excluding carboxylic acids is 1. The van der Waals surface area contributed by atoms with Crippen LogP contribution >= 0.6 is 0 Å². The highest BCUT2D eigenvalue weighted by Gasteiger charge is 2.65. The molecule has 0 aromatic heterocycles. The Hall–Kier alpha value is -6.10. The highest BCUT2D eigenvalue weighted by molar-refractivity contribution is 6.03. The number of hydrogen-bond acceptors (Lipinski definition) is 13. The topological polar surface area (TPSA) is 192 Å². The van der Waals surface area contributed by atoms with Gasteiger partial charge in [0.1, 0.15) is 34.6 Å². The molecule has 368 valence electrons. The summed E-state index contributed by atoms with van der Waals surface area (Å²) in [6.07, 6.45) is 7.43. The van der Waals surface area contributed by atoms with Gasteiger partial charge in [0, 0.05) is 49.8 Å². The Morgan fingerprint density at radius 1 is 0.884 bits per heavy atom. The highest BCUT2D eigenvalue weighted by Crippen LogP contribution is 2.62. The Morgan fingerprint density at radius 2 is 1.57 bits per heavy atom. The number of nitrogens with zero attached hydrogens (tertiary/aromatic N) is 3. The number of benzene rings is 4. The molecule has 0 bridgehead atoms. The van der Waals surface area contributed by atoms with Gasteiger partial charge in [0.25, 0.3) is 5.69 Å². The number of allylic oxidation sites excluding steroid dienone is 1. The Labute approximate surface area is 404 Å². The largest absolute Gasteiger partial charge is 0.459 e. The number of unbranched alkanes of at least 4 members (excludes halogenated alkanes) is 2. The molecular weight excluding hydrogens is 883 g/mol. The van der Waals surface area contributed by atoms with E-state index in [9.17, 15) is 30.2 Å². The second-order valence-electron chi connectivity index (χ2n) is 18.6. The van der Waals surface area contributed by atoms with Crippen LogP contribution in [0, 0.1) is 27.9 Å². The van der Waals surface area contributed by atoms with Gasteiger partial charge >= 0.3 is 6.09 Å². The summed E-state index contributed by atoms with van der Waals surface area (Å²) in [5.74, 6) is -0.746. The van der Waals surface area contributed by atoms with Crippen molar-refractivity contribution >= 4 is 17.5 Å². The number of nitro benzene ring substituents is 1. The third-order valence-electron chi connectivity index (χ3n) is 12.8. The van der Waals surface area contributed by atoms with E-state index in [0.29, 0.717) is 35.8 Å². The molecule has 1 heterocycles. The number of rotatable bonds is 23. The molecule has 1 fully saturated rings. The SMILES string of the molecule is C=CCOC12Oc3ccc(Oc4ccc(-c5ccccc5)cc4)cc3C3C(CCCCO)C(CCCCO)C=C(C(=NOC(C)(C)C)CC1N(CCOCCO)C(=O)Oc1ccc([N+](=O)[O-])cc1)C32. The normalized spacial score (nSPS) is 22.1. The Bertz CT molecular complexity index is 2400. The zero-order valence-electron chi connectivity index (χ0n) is 39.7. The van der Waals surface area contributed by atoms with E-state index >= 15 is 0 Å². The molecule has 3 aliphatic rings. The zero-order valence-corrected chi connectivity index (χ0v) is 39.7. The van der Waals surface area contributed by atoms with Crippen LogP contribution in [0.2, 0.25) is 0 Å². The van der Waals surface area contributed by atoms with Gasteiger partial charge in [-0.25, -0.2) is 4.79 Å². The van der Waals surface area contributed by atoms with Crippen LogP contribution in [0.5, 0.6) is 23.0 Å². The first-order chi connectivity index (χ1) is 33.4. The summed E-state index contributed by atoms with van der Waals surface area (Å²) >= 11 is 0. The van der Waals surface area contributed by atoms with Crippen LogP contribution in [-0.4, -0.2) is 101 Å². The van der Waals surface area contributed by atoms with Crippen LogP contribution in [0.3, 0.4) is 0 Å². The van der Waals surface area contributed by atoms with E-state index in [2.05, 4.69) is 24.8 Å². The Kier molecular flexibility index (Phi) is 17.3. The number of nitro groups is 1. The molecule has 1 saturated carbocycles. The smallest absolute Gasteiger partial charge is 0.415 e. The molecular formula is C54H65N3O12. The lowest BCUT2D eigenvalue weighted by atomic mass is 9.55. The number of non-ortho nitro benzene ring substituents is 1. The fourth-order valence-corrected chi connectivity index (χ4v) is 9.89. The molecule has 6 atom stereocenters. The maximum absolute atomic E-state index is 14.8. The fraction of sp³-hybridized carbons (Fsp3) is 0.444. The average Bonchev–Trinajstić information content (AvgIpc) is 3.34. The van der Waals surface area contributed by atoms with Gasteiger partial charge in [-0.1, -0.05) is 72.6 Å². The summed E-state index contributed by atoms with van der Waals surface area (Å²) in [6, 6.07) is 28.1. The number of amides is 1. The lowest BCUT2D eigenvalue weighted by Crippen LogP contribution is -2.70. The standard InChI is InChI=1S/C54H65N3O12/c1-5-31-65-54-49(56(27-32-64-33-30-60)52(61)67-42-23-19-40(20-24-42)57(62)63)36-47(55-69-53(2,3)4)45-34-39(15-9-11-28-58)44(16-10-12-29-59)50(51(45)54)46-35-43(25-26-48(46)68-54)66-41-21-17-38(18-22-41)37-13-7-6-8-14-37/h5-8,13-14,17-26,34-35,39,44,49-51,58-60H,1,9-12,15-16,27-33,36H2,2-4H3. The van der Waals surface area contributed by atoms with E-state index in [0.717, 1.165) is 47.9 Å². The first kappa shape index (κ1) is 50.8. The average molecular weight is 948 g/mol. The molecule has 1 amide bonds. The molecule has 4 aromatic rings. The lowest BCUT2D eigenvalue weighted by molar-refractivity contribution is -0.384. The quantitative estimate of drug-likeness (QED) is 0.0276. The lowest BCUT2D eigenvalue weighted by Gasteiger charge is -2.59. The number of aliphatic hydroxyl groups is 3. The van der Waals surface area contributed by atoms with E-state index in [1.165, 1.54) is 29.2 Å². The van der Waals surface area contributed by atoms with Crippen LogP contribution in [0.15, 0.2) is 127 Å². The van der Waals surface area contributed by atoms with Gasteiger partial charge < -0.3 is 43.8 Å². The maximum Gasteiger partial charge on any atom is 0.415 e. The van der Waals surface area contributed by atoms with Gasteiger partial charge in [0.05, 0.1) is 43.0 Å². The predicted octanol–water partition coefficient (Wildman–Crippen LogP) is 10.00. The first-order valence-electron chi connectivity index (χ1n) is 23.9. The second-order valence-corrected chi connectivity index (χ2v) is 18.6. The predicted molar refractivity (Wildman–Crippen MR) is 261 cm³/mol. The monoisotopic (exact) mass is 947 g/mol. The van der Waals surface area contributed by atoms with Crippen molar-refractivity contribution in [2.24, 2.45) is 22.9 Å². The van der Waals surface area contributed by atoms with E-state index in [4.69, 9.17) is 33.7 Å². The van der Waals surface area contributed by atoms with Gasteiger partial charge in [-0.15, -0.1) is 6.58 Å². The number of fused-ring (bicyclic) bond motifs is 2. The van der Waals surface area contributed by atoms with Crippen molar-refractivity contribution in [3.63, 3.8) is 0 Å². The van der Waals surface area contributed by atoms with Crippen molar-refractivity contribution in [3.8, 4) is 34.1 Å². The Morgan fingerprint density at radius 3 is 2.23 bits per heavy atom. The van der Waals surface area contributed by atoms with E-state index in [1.54, 1.807) is 6.08 Å². The molecule has 15 heteroatoms. The second kappa shape index (κ2) is 23.5. The molecule has 6 unspecified atom stereocenters. The minimum absolute atomic E-state index is 0.00359. The summed E-state index contributed by atoms with van der Waals surface area (Å²) in [5.41, 5.74) is 3.62. The Balaban J connectivity index is 1.41. The summed E-state index contributed by atoms with van der Waals surface area (Å²) in [5, 5.41) is 46.0. The number of ether oxygens (including phenoxy) is 5.